The summed E-state index contributed by atoms with van der Waals surface area (Å²) in [6.07, 6.45) is 8.40. The van der Waals surface area contributed by atoms with Crippen LogP contribution in [-0.2, 0) is 20.9 Å². The summed E-state index contributed by atoms with van der Waals surface area (Å²) in [6.45, 7) is 8.15. The van der Waals surface area contributed by atoms with Gasteiger partial charge in [0, 0.05) is 24.1 Å². The lowest BCUT2D eigenvalue weighted by atomic mass is 9.60. The average molecular weight is 526 g/mol. The number of rotatable bonds is 9. The third kappa shape index (κ3) is 6.31. The highest BCUT2D eigenvalue weighted by molar-refractivity contribution is 6.01. The number of likely N-dealkylation sites (tertiary alicyclic amines) is 1. The van der Waals surface area contributed by atoms with Gasteiger partial charge >= 0.3 is 0 Å². The molecule has 1 aliphatic carbocycles. The van der Waals surface area contributed by atoms with E-state index in [2.05, 4.69) is 22.5 Å². The number of anilines is 1. The molecule has 1 saturated carbocycles. The minimum absolute atomic E-state index is 0.00510. The Labute approximate surface area is 228 Å². The lowest BCUT2D eigenvalue weighted by Crippen LogP contribution is -2.67. The second kappa shape index (κ2) is 12.7. The molecule has 3 atom stereocenters. The van der Waals surface area contributed by atoms with Crippen LogP contribution >= 0.6 is 0 Å². The van der Waals surface area contributed by atoms with E-state index in [-0.39, 0.29) is 35.4 Å². The summed E-state index contributed by atoms with van der Waals surface area (Å²) in [5.41, 5.74) is 1.29. The van der Waals surface area contributed by atoms with Crippen LogP contribution in [0.1, 0.15) is 90.5 Å². The lowest BCUT2D eigenvalue weighted by Gasteiger charge is -2.50. The molecule has 3 aliphatic rings. The Morgan fingerprint density at radius 1 is 1.11 bits per heavy atom. The Hall–Kier alpha value is -2.25. The fourth-order valence-electron chi connectivity index (χ4n) is 6.76. The van der Waals surface area contributed by atoms with Gasteiger partial charge in [-0.05, 0) is 68.8 Å². The molecule has 0 aromatic heterocycles. The molecule has 1 aromatic rings. The SMILES string of the molecule is CCCC[C@H]1C(=O)[C@@H]([C@H](O)C2CCCCC2)NC(=O)C12CCN(Cc1ccc(NC(=O)C(C)C)cc1)CC2. The van der Waals surface area contributed by atoms with Crippen molar-refractivity contribution in [2.45, 2.75) is 104 Å². The third-order valence-electron chi connectivity index (χ3n) is 9.28. The first-order valence-electron chi connectivity index (χ1n) is 14.9. The van der Waals surface area contributed by atoms with Gasteiger partial charge in [0.1, 0.15) is 6.04 Å². The first-order valence-corrected chi connectivity index (χ1v) is 14.9. The highest BCUT2D eigenvalue weighted by atomic mass is 16.3. The van der Waals surface area contributed by atoms with Crippen molar-refractivity contribution >= 4 is 23.3 Å². The van der Waals surface area contributed by atoms with Gasteiger partial charge in [-0.2, -0.15) is 0 Å². The monoisotopic (exact) mass is 525 g/mol. The molecule has 210 valence electrons. The van der Waals surface area contributed by atoms with Crippen LogP contribution in [0.4, 0.5) is 5.69 Å². The minimum atomic E-state index is -0.776. The van der Waals surface area contributed by atoms with Crippen molar-refractivity contribution < 1.29 is 19.5 Å². The van der Waals surface area contributed by atoms with Gasteiger partial charge in [-0.3, -0.25) is 19.3 Å². The van der Waals surface area contributed by atoms with E-state index < -0.39 is 17.6 Å². The van der Waals surface area contributed by atoms with Crippen LogP contribution in [0.15, 0.2) is 24.3 Å². The number of Topliss-reactive ketones (excluding diaryl/α,β-unsaturated/α-hetero) is 1. The number of unbranched alkanes of at least 4 members (excludes halogenated alkanes) is 1. The summed E-state index contributed by atoms with van der Waals surface area (Å²) in [6, 6.07) is 7.20. The van der Waals surface area contributed by atoms with E-state index in [0.717, 1.165) is 75.8 Å². The van der Waals surface area contributed by atoms with Gasteiger partial charge in [0.05, 0.1) is 11.5 Å². The average Bonchev–Trinajstić information content (AvgIpc) is 2.93. The number of piperidine rings is 2. The predicted molar refractivity (Wildman–Crippen MR) is 149 cm³/mol. The molecule has 0 radical (unpaired) electrons. The lowest BCUT2D eigenvalue weighted by molar-refractivity contribution is -0.158. The normalized spacial score (nSPS) is 25.4. The summed E-state index contributed by atoms with van der Waals surface area (Å²) in [4.78, 5) is 41.8. The third-order valence-corrected chi connectivity index (χ3v) is 9.28. The van der Waals surface area contributed by atoms with Gasteiger partial charge in [0.2, 0.25) is 11.8 Å². The Kier molecular flexibility index (Phi) is 9.64. The summed E-state index contributed by atoms with van der Waals surface area (Å²) in [5, 5.41) is 17.1. The van der Waals surface area contributed by atoms with E-state index in [4.69, 9.17) is 0 Å². The highest BCUT2D eigenvalue weighted by Gasteiger charge is 2.56. The number of hydrogen-bond donors (Lipinski definition) is 3. The number of carbonyl (C=O) groups is 3. The van der Waals surface area contributed by atoms with E-state index in [0.29, 0.717) is 12.8 Å². The van der Waals surface area contributed by atoms with Crippen LogP contribution in [0.2, 0.25) is 0 Å². The van der Waals surface area contributed by atoms with Crippen LogP contribution < -0.4 is 10.6 Å². The zero-order valence-corrected chi connectivity index (χ0v) is 23.5. The van der Waals surface area contributed by atoms with Gasteiger partial charge < -0.3 is 15.7 Å². The number of carbonyl (C=O) groups excluding carboxylic acids is 3. The van der Waals surface area contributed by atoms with Gasteiger partial charge in [-0.25, -0.2) is 0 Å². The van der Waals surface area contributed by atoms with E-state index in [1.54, 1.807) is 0 Å². The molecule has 3 fully saturated rings. The number of amides is 2. The molecule has 7 nitrogen and oxygen atoms in total. The number of ketones is 1. The van der Waals surface area contributed by atoms with Crippen molar-refractivity contribution in [2.75, 3.05) is 18.4 Å². The molecule has 2 aliphatic heterocycles. The molecular weight excluding hydrogens is 478 g/mol. The molecule has 1 aromatic carbocycles. The quantitative estimate of drug-likeness (QED) is 0.435. The smallest absolute Gasteiger partial charge is 0.227 e. The molecule has 3 N–H and O–H groups in total. The number of aliphatic hydroxyl groups excluding tert-OH is 1. The van der Waals surface area contributed by atoms with Gasteiger partial charge in [-0.1, -0.05) is 65.0 Å². The van der Waals surface area contributed by atoms with Crippen LogP contribution in [0.5, 0.6) is 0 Å². The number of benzene rings is 1. The largest absolute Gasteiger partial charge is 0.390 e. The maximum atomic E-state index is 13.8. The molecule has 0 bridgehead atoms. The zero-order chi connectivity index (χ0) is 27.3. The van der Waals surface area contributed by atoms with Crippen molar-refractivity contribution in [3.8, 4) is 0 Å². The number of aliphatic hydroxyl groups is 1. The molecular formula is C31H47N3O4. The van der Waals surface area contributed by atoms with Crippen LogP contribution in [-0.4, -0.2) is 52.8 Å². The van der Waals surface area contributed by atoms with E-state index in [9.17, 15) is 19.5 Å². The number of nitrogens with zero attached hydrogens (tertiary/aromatic N) is 1. The first kappa shape index (κ1) is 28.8. The molecule has 7 heteroatoms. The molecule has 2 heterocycles. The molecule has 2 saturated heterocycles. The Balaban J connectivity index is 1.40. The molecule has 38 heavy (non-hydrogen) atoms. The van der Waals surface area contributed by atoms with Crippen LogP contribution in [0, 0.1) is 23.2 Å². The number of hydrogen-bond acceptors (Lipinski definition) is 5. The maximum absolute atomic E-state index is 13.8. The summed E-state index contributed by atoms with van der Waals surface area (Å²) >= 11 is 0. The van der Waals surface area contributed by atoms with Crippen molar-refractivity contribution in [1.29, 1.82) is 0 Å². The maximum Gasteiger partial charge on any atom is 0.227 e. The van der Waals surface area contributed by atoms with Gasteiger partial charge in [0.15, 0.2) is 5.78 Å². The van der Waals surface area contributed by atoms with Gasteiger partial charge in [-0.15, -0.1) is 0 Å². The second-order valence-corrected chi connectivity index (χ2v) is 12.2. The molecule has 2 amide bonds. The Morgan fingerprint density at radius 2 is 1.76 bits per heavy atom. The first-order chi connectivity index (χ1) is 18.2. The molecule has 0 unspecified atom stereocenters. The zero-order valence-electron chi connectivity index (χ0n) is 23.5. The number of nitrogens with one attached hydrogen (secondary N) is 2. The van der Waals surface area contributed by atoms with Crippen molar-refractivity contribution in [2.24, 2.45) is 23.2 Å². The van der Waals surface area contributed by atoms with Crippen molar-refractivity contribution in [3.05, 3.63) is 29.8 Å². The summed E-state index contributed by atoms with van der Waals surface area (Å²) in [7, 11) is 0. The second-order valence-electron chi connectivity index (χ2n) is 12.2. The highest BCUT2D eigenvalue weighted by Crippen LogP contribution is 2.46. The van der Waals surface area contributed by atoms with E-state index in [1.807, 2.05) is 38.1 Å². The fourth-order valence-corrected chi connectivity index (χ4v) is 6.76. The Morgan fingerprint density at radius 3 is 2.37 bits per heavy atom. The molecule has 4 rings (SSSR count). The van der Waals surface area contributed by atoms with Crippen molar-refractivity contribution in [3.63, 3.8) is 0 Å². The standard InChI is InChI=1S/C31H47N3O4/c1-4-5-11-25-28(36)26(27(35)23-9-7-6-8-10-23)33-30(38)31(25)16-18-34(19-17-31)20-22-12-14-24(15-13-22)32-29(37)21(2)3/h12-15,21,23,25-27,35H,4-11,16-20H2,1-3H3,(H,32,37)(H,33,38)/t25-,26+,27+/m0/s1. The van der Waals surface area contributed by atoms with Crippen LogP contribution in [0.3, 0.4) is 0 Å². The summed E-state index contributed by atoms with van der Waals surface area (Å²) in [5.74, 6) is -0.237. The predicted octanol–water partition coefficient (Wildman–Crippen LogP) is 4.68. The van der Waals surface area contributed by atoms with E-state index in [1.165, 1.54) is 6.42 Å². The molecule has 1 spiro atoms. The fraction of sp³-hybridized carbons (Fsp3) is 0.710. The summed E-state index contributed by atoms with van der Waals surface area (Å²) < 4.78 is 0. The van der Waals surface area contributed by atoms with Crippen LogP contribution in [0.25, 0.3) is 0 Å². The van der Waals surface area contributed by atoms with Gasteiger partial charge in [0.25, 0.3) is 0 Å². The van der Waals surface area contributed by atoms with Crippen molar-refractivity contribution in [1.82, 2.24) is 10.2 Å². The topological polar surface area (TPSA) is 98.7 Å². The Bertz CT molecular complexity index is 962. The van der Waals surface area contributed by atoms with E-state index >= 15 is 0 Å². The minimum Gasteiger partial charge on any atom is -0.390 e.